The molecule has 0 spiro atoms. The molecule has 0 aliphatic carbocycles. The van der Waals surface area contributed by atoms with Crippen molar-refractivity contribution in [1.82, 2.24) is 0 Å². The topological polar surface area (TPSA) is 76.7 Å². The first-order valence-electron chi connectivity index (χ1n) is 10.2. The van der Waals surface area contributed by atoms with Crippen molar-refractivity contribution in [3.05, 3.63) is 72.8 Å². The SMILES string of the molecule is C=C(C)COc1ccccc1NC(=O)CCCC(=O)Nc1ccccc1OCC(=C)C. The van der Waals surface area contributed by atoms with Crippen LogP contribution in [-0.4, -0.2) is 25.0 Å². The molecule has 0 fully saturated rings. The van der Waals surface area contributed by atoms with E-state index in [0.29, 0.717) is 42.5 Å². The third-order valence-corrected chi connectivity index (χ3v) is 4.08. The van der Waals surface area contributed by atoms with Gasteiger partial charge in [0.1, 0.15) is 24.7 Å². The average Bonchev–Trinajstić information content (AvgIpc) is 2.72. The minimum Gasteiger partial charge on any atom is -0.487 e. The van der Waals surface area contributed by atoms with E-state index in [0.717, 1.165) is 11.1 Å². The van der Waals surface area contributed by atoms with Crippen LogP contribution < -0.4 is 20.1 Å². The summed E-state index contributed by atoms with van der Waals surface area (Å²) in [6.45, 7) is 12.1. The zero-order chi connectivity index (χ0) is 22.6. The van der Waals surface area contributed by atoms with Crippen molar-refractivity contribution in [3.8, 4) is 11.5 Å². The summed E-state index contributed by atoms with van der Waals surface area (Å²) in [4.78, 5) is 24.6. The van der Waals surface area contributed by atoms with Gasteiger partial charge in [-0.1, -0.05) is 37.4 Å². The molecule has 2 rings (SSSR count). The van der Waals surface area contributed by atoms with Gasteiger partial charge in [0.15, 0.2) is 0 Å². The van der Waals surface area contributed by atoms with Gasteiger partial charge in [0.05, 0.1) is 11.4 Å². The summed E-state index contributed by atoms with van der Waals surface area (Å²) in [5, 5.41) is 5.68. The van der Waals surface area contributed by atoms with Crippen LogP contribution in [0.2, 0.25) is 0 Å². The molecular formula is C25H30N2O4. The lowest BCUT2D eigenvalue weighted by atomic mass is 10.2. The maximum Gasteiger partial charge on any atom is 0.224 e. The Balaban J connectivity index is 1.81. The largest absolute Gasteiger partial charge is 0.487 e. The lowest BCUT2D eigenvalue weighted by molar-refractivity contribution is -0.117. The van der Waals surface area contributed by atoms with Crippen LogP contribution in [0, 0.1) is 0 Å². The number of carbonyl (C=O) groups is 2. The van der Waals surface area contributed by atoms with Crippen molar-refractivity contribution in [1.29, 1.82) is 0 Å². The second-order valence-electron chi connectivity index (χ2n) is 7.43. The number of hydrogen-bond donors (Lipinski definition) is 2. The van der Waals surface area contributed by atoms with Gasteiger partial charge in [-0.15, -0.1) is 0 Å². The molecule has 2 N–H and O–H groups in total. The van der Waals surface area contributed by atoms with Crippen molar-refractivity contribution in [2.45, 2.75) is 33.1 Å². The molecule has 0 aliphatic heterocycles. The highest BCUT2D eigenvalue weighted by Crippen LogP contribution is 2.25. The smallest absolute Gasteiger partial charge is 0.224 e. The van der Waals surface area contributed by atoms with E-state index in [-0.39, 0.29) is 24.7 Å². The molecule has 0 aliphatic rings. The summed E-state index contributed by atoms with van der Waals surface area (Å²) in [7, 11) is 0. The zero-order valence-corrected chi connectivity index (χ0v) is 18.2. The number of benzene rings is 2. The highest BCUT2D eigenvalue weighted by Gasteiger charge is 2.11. The second-order valence-corrected chi connectivity index (χ2v) is 7.43. The van der Waals surface area contributed by atoms with Crippen LogP contribution in [0.15, 0.2) is 72.8 Å². The third-order valence-electron chi connectivity index (χ3n) is 4.08. The van der Waals surface area contributed by atoms with Crippen LogP contribution in [-0.2, 0) is 9.59 Å². The molecule has 2 amide bonds. The summed E-state index contributed by atoms with van der Waals surface area (Å²) in [6.07, 6.45) is 0.855. The van der Waals surface area contributed by atoms with Crippen LogP contribution in [0.25, 0.3) is 0 Å². The third kappa shape index (κ3) is 8.78. The fourth-order valence-corrected chi connectivity index (χ4v) is 2.63. The number of hydrogen-bond acceptors (Lipinski definition) is 4. The number of amides is 2. The van der Waals surface area contributed by atoms with E-state index in [1.165, 1.54) is 0 Å². The van der Waals surface area contributed by atoms with E-state index in [9.17, 15) is 9.59 Å². The standard InChI is InChI=1S/C25H30N2O4/c1-18(2)16-30-22-12-7-5-10-20(22)26-24(28)14-9-15-25(29)27-21-11-6-8-13-23(21)31-17-19(3)4/h5-8,10-13H,1,3,9,14-17H2,2,4H3,(H,26,28)(H,27,29). The molecule has 0 saturated heterocycles. The molecule has 2 aromatic carbocycles. The lowest BCUT2D eigenvalue weighted by Gasteiger charge is -2.13. The van der Waals surface area contributed by atoms with E-state index in [1.807, 2.05) is 38.1 Å². The summed E-state index contributed by atoms with van der Waals surface area (Å²) in [5.41, 5.74) is 2.97. The van der Waals surface area contributed by atoms with E-state index in [4.69, 9.17) is 9.47 Å². The van der Waals surface area contributed by atoms with E-state index < -0.39 is 0 Å². The minimum atomic E-state index is -0.177. The van der Waals surface area contributed by atoms with Gasteiger partial charge in [-0.3, -0.25) is 9.59 Å². The fourth-order valence-electron chi connectivity index (χ4n) is 2.63. The summed E-state index contributed by atoms with van der Waals surface area (Å²) in [6, 6.07) is 14.5. The first-order valence-corrected chi connectivity index (χ1v) is 10.2. The summed E-state index contributed by atoms with van der Waals surface area (Å²) >= 11 is 0. The Kier molecular flexibility index (Phi) is 9.36. The van der Waals surface area contributed by atoms with Crippen molar-refractivity contribution in [2.75, 3.05) is 23.8 Å². The fraction of sp³-hybridized carbons (Fsp3) is 0.280. The van der Waals surface area contributed by atoms with Crippen LogP contribution in [0.3, 0.4) is 0 Å². The van der Waals surface area contributed by atoms with E-state index in [2.05, 4.69) is 23.8 Å². The number of ether oxygens (including phenoxy) is 2. The van der Waals surface area contributed by atoms with Crippen LogP contribution in [0.5, 0.6) is 11.5 Å². The maximum atomic E-state index is 12.3. The Labute approximate surface area is 184 Å². The lowest BCUT2D eigenvalue weighted by Crippen LogP contribution is -2.16. The number of anilines is 2. The summed E-state index contributed by atoms with van der Waals surface area (Å²) < 4.78 is 11.3. The minimum absolute atomic E-state index is 0.177. The molecule has 6 heteroatoms. The Bertz CT molecular complexity index is 861. The predicted molar refractivity (Wildman–Crippen MR) is 125 cm³/mol. The molecule has 0 heterocycles. The van der Waals surface area contributed by atoms with Gasteiger partial charge in [0.25, 0.3) is 0 Å². The Morgan fingerprint density at radius 2 is 1.13 bits per heavy atom. The monoisotopic (exact) mass is 422 g/mol. The summed E-state index contributed by atoms with van der Waals surface area (Å²) in [5.74, 6) is 0.819. The Morgan fingerprint density at radius 3 is 1.52 bits per heavy atom. The van der Waals surface area contributed by atoms with Crippen LogP contribution >= 0.6 is 0 Å². The van der Waals surface area contributed by atoms with Crippen LogP contribution in [0.4, 0.5) is 11.4 Å². The molecule has 164 valence electrons. The van der Waals surface area contributed by atoms with E-state index >= 15 is 0 Å². The van der Waals surface area contributed by atoms with Gasteiger partial charge in [-0.25, -0.2) is 0 Å². The highest BCUT2D eigenvalue weighted by atomic mass is 16.5. The number of nitrogens with one attached hydrogen (secondary N) is 2. The van der Waals surface area contributed by atoms with Gasteiger partial charge < -0.3 is 20.1 Å². The Morgan fingerprint density at radius 1 is 0.742 bits per heavy atom. The molecule has 0 radical (unpaired) electrons. The van der Waals surface area contributed by atoms with Crippen molar-refractivity contribution in [3.63, 3.8) is 0 Å². The molecule has 6 nitrogen and oxygen atoms in total. The van der Waals surface area contributed by atoms with Crippen molar-refractivity contribution < 1.29 is 19.1 Å². The van der Waals surface area contributed by atoms with Gasteiger partial charge in [0, 0.05) is 12.8 Å². The molecule has 0 aromatic heterocycles. The molecule has 0 bridgehead atoms. The maximum absolute atomic E-state index is 12.3. The van der Waals surface area contributed by atoms with Gasteiger partial charge in [-0.2, -0.15) is 0 Å². The molecule has 31 heavy (non-hydrogen) atoms. The second kappa shape index (κ2) is 12.2. The van der Waals surface area contributed by atoms with Crippen molar-refractivity contribution in [2.24, 2.45) is 0 Å². The van der Waals surface area contributed by atoms with Gasteiger partial charge in [0.2, 0.25) is 11.8 Å². The molecule has 0 unspecified atom stereocenters. The number of rotatable bonds is 12. The first-order chi connectivity index (χ1) is 14.8. The number of carbonyl (C=O) groups excluding carboxylic acids is 2. The molecule has 0 atom stereocenters. The van der Waals surface area contributed by atoms with E-state index in [1.54, 1.807) is 24.3 Å². The van der Waals surface area contributed by atoms with Crippen LogP contribution in [0.1, 0.15) is 33.1 Å². The molecule has 2 aromatic rings. The predicted octanol–water partition coefficient (Wildman–Crippen LogP) is 5.34. The zero-order valence-electron chi connectivity index (χ0n) is 18.2. The Hall–Kier alpha value is -3.54. The first kappa shape index (κ1) is 23.7. The highest BCUT2D eigenvalue weighted by molar-refractivity contribution is 5.94. The molecular weight excluding hydrogens is 392 g/mol. The normalized spacial score (nSPS) is 10.1. The molecule has 0 saturated carbocycles. The quantitative estimate of drug-likeness (QED) is 0.453. The van der Waals surface area contributed by atoms with Gasteiger partial charge >= 0.3 is 0 Å². The average molecular weight is 423 g/mol. The number of para-hydroxylation sites is 4. The van der Waals surface area contributed by atoms with Gasteiger partial charge in [-0.05, 0) is 55.7 Å². The van der Waals surface area contributed by atoms with Crippen molar-refractivity contribution >= 4 is 23.2 Å².